The predicted molar refractivity (Wildman–Crippen MR) is 86.8 cm³/mol. The van der Waals surface area contributed by atoms with Crippen molar-refractivity contribution in [1.29, 1.82) is 0 Å². The molecule has 0 radical (unpaired) electrons. The molecule has 3 nitrogen and oxygen atoms in total. The van der Waals surface area contributed by atoms with E-state index in [9.17, 15) is 9.90 Å². The lowest BCUT2D eigenvalue weighted by Crippen LogP contribution is -2.38. The molecule has 1 atom stereocenters. The molecule has 1 aromatic carbocycles. The Labute approximate surface area is 129 Å². The number of carbonyl (C=O) groups is 1. The zero-order valence-corrected chi connectivity index (χ0v) is 13.4. The molecule has 2 rings (SSSR count). The Morgan fingerprint density at radius 1 is 1.29 bits per heavy atom. The molecule has 0 bridgehead atoms. The van der Waals surface area contributed by atoms with Crippen LogP contribution in [0.1, 0.15) is 47.5 Å². The van der Waals surface area contributed by atoms with Crippen LogP contribution in [0.4, 0.5) is 0 Å². The summed E-state index contributed by atoms with van der Waals surface area (Å²) in [5, 5.41) is 15.3. The van der Waals surface area contributed by atoms with Gasteiger partial charge in [0.05, 0.1) is 11.4 Å². The normalized spacial score (nSPS) is 14.0. The molecule has 0 saturated carbocycles. The van der Waals surface area contributed by atoms with Gasteiger partial charge in [0, 0.05) is 0 Å². The maximum absolute atomic E-state index is 12.3. The highest BCUT2D eigenvalue weighted by molar-refractivity contribution is 7.12. The zero-order chi connectivity index (χ0) is 15.5. The van der Waals surface area contributed by atoms with Crippen molar-refractivity contribution in [2.75, 3.05) is 6.54 Å². The van der Waals surface area contributed by atoms with Crippen molar-refractivity contribution in [2.45, 2.75) is 32.3 Å². The van der Waals surface area contributed by atoms with Gasteiger partial charge in [0.25, 0.3) is 5.91 Å². The minimum absolute atomic E-state index is 0.120. The van der Waals surface area contributed by atoms with Crippen molar-refractivity contribution in [3.05, 3.63) is 57.8 Å². The van der Waals surface area contributed by atoms with Crippen LogP contribution < -0.4 is 5.32 Å². The van der Waals surface area contributed by atoms with Crippen molar-refractivity contribution in [1.82, 2.24) is 5.32 Å². The zero-order valence-electron chi connectivity index (χ0n) is 12.6. The van der Waals surface area contributed by atoms with Gasteiger partial charge in [0.2, 0.25) is 0 Å². The molecular formula is C17H21NO2S. The Bertz CT molecular complexity index is 602. The Morgan fingerprint density at radius 2 is 1.95 bits per heavy atom. The lowest BCUT2D eigenvalue weighted by molar-refractivity contribution is 0.0527. The first-order valence-corrected chi connectivity index (χ1v) is 7.93. The number of amides is 1. The molecule has 2 N–H and O–H groups in total. The molecule has 0 aliphatic carbocycles. The summed E-state index contributed by atoms with van der Waals surface area (Å²) >= 11 is 1.44. The topological polar surface area (TPSA) is 49.3 Å². The first-order valence-electron chi connectivity index (χ1n) is 7.05. The molecular weight excluding hydrogens is 282 g/mol. The number of aliphatic hydroxyl groups is 1. The van der Waals surface area contributed by atoms with Gasteiger partial charge in [-0.2, -0.15) is 0 Å². The molecule has 0 spiro atoms. The number of thiophene rings is 1. The molecule has 0 saturated heterocycles. The van der Waals surface area contributed by atoms with E-state index in [2.05, 4.69) is 19.2 Å². The van der Waals surface area contributed by atoms with Gasteiger partial charge in [-0.1, -0.05) is 44.2 Å². The van der Waals surface area contributed by atoms with E-state index in [4.69, 9.17) is 0 Å². The Kier molecular flexibility index (Phi) is 4.80. The fraction of sp³-hybridized carbons (Fsp3) is 0.353. The van der Waals surface area contributed by atoms with Crippen LogP contribution in [0.5, 0.6) is 0 Å². The maximum Gasteiger partial charge on any atom is 0.261 e. The van der Waals surface area contributed by atoms with Crippen molar-refractivity contribution in [3.8, 4) is 0 Å². The first kappa shape index (κ1) is 15.7. The molecule has 0 aliphatic heterocycles. The van der Waals surface area contributed by atoms with Gasteiger partial charge >= 0.3 is 0 Å². The van der Waals surface area contributed by atoms with Crippen LogP contribution in [0.2, 0.25) is 0 Å². The number of hydrogen-bond donors (Lipinski definition) is 2. The number of nitrogens with one attached hydrogen (secondary N) is 1. The highest BCUT2D eigenvalue weighted by Gasteiger charge is 2.24. The minimum Gasteiger partial charge on any atom is -0.384 e. The quantitative estimate of drug-likeness (QED) is 0.888. The van der Waals surface area contributed by atoms with E-state index >= 15 is 0 Å². The summed E-state index contributed by atoms with van der Waals surface area (Å²) in [5.74, 6) is 0.191. The Morgan fingerprint density at radius 3 is 2.57 bits per heavy atom. The van der Waals surface area contributed by atoms with Crippen molar-refractivity contribution < 1.29 is 9.90 Å². The average Bonchev–Trinajstić information content (AvgIpc) is 2.95. The summed E-state index contributed by atoms with van der Waals surface area (Å²) < 4.78 is 0. The Balaban J connectivity index is 2.06. The fourth-order valence-electron chi connectivity index (χ4n) is 2.19. The molecule has 4 heteroatoms. The highest BCUT2D eigenvalue weighted by atomic mass is 32.1. The molecule has 112 valence electrons. The summed E-state index contributed by atoms with van der Waals surface area (Å²) in [6.07, 6.45) is 0. The van der Waals surface area contributed by atoms with Crippen LogP contribution >= 0.6 is 11.3 Å². The lowest BCUT2D eigenvalue weighted by atomic mass is 9.96. The fourth-order valence-corrected chi connectivity index (χ4v) is 3.16. The summed E-state index contributed by atoms with van der Waals surface area (Å²) in [6, 6.07) is 11.4. The van der Waals surface area contributed by atoms with Gasteiger partial charge in [-0.3, -0.25) is 4.79 Å². The number of benzene rings is 1. The molecule has 21 heavy (non-hydrogen) atoms. The second kappa shape index (κ2) is 6.41. The third-order valence-electron chi connectivity index (χ3n) is 3.51. The van der Waals surface area contributed by atoms with E-state index in [0.717, 1.165) is 16.0 Å². The van der Waals surface area contributed by atoms with E-state index in [-0.39, 0.29) is 12.5 Å². The number of hydrogen-bond acceptors (Lipinski definition) is 3. The summed E-state index contributed by atoms with van der Waals surface area (Å²) in [4.78, 5) is 13.0. The van der Waals surface area contributed by atoms with E-state index in [1.807, 2.05) is 41.8 Å². The average molecular weight is 303 g/mol. The SMILES string of the molecule is CC(C)c1ccsc1C(=O)NCC(C)(O)c1ccccc1. The van der Waals surface area contributed by atoms with Crippen LogP contribution in [0, 0.1) is 0 Å². The van der Waals surface area contributed by atoms with Crippen molar-refractivity contribution in [3.63, 3.8) is 0 Å². The molecule has 1 unspecified atom stereocenters. The van der Waals surface area contributed by atoms with Gasteiger partial charge < -0.3 is 10.4 Å². The standard InChI is InChI=1S/C17H21NO2S/c1-12(2)14-9-10-21-15(14)16(19)18-11-17(3,20)13-7-5-4-6-8-13/h4-10,12,20H,11H2,1-3H3,(H,18,19). The van der Waals surface area contributed by atoms with Gasteiger partial charge in [-0.25, -0.2) is 0 Å². The predicted octanol–water partition coefficient (Wildman–Crippen LogP) is 3.51. The van der Waals surface area contributed by atoms with E-state index in [1.165, 1.54) is 11.3 Å². The Hall–Kier alpha value is -1.65. The molecule has 0 fully saturated rings. The monoisotopic (exact) mass is 303 g/mol. The van der Waals surface area contributed by atoms with Crippen LogP contribution in [0.3, 0.4) is 0 Å². The van der Waals surface area contributed by atoms with Crippen molar-refractivity contribution >= 4 is 17.2 Å². The number of rotatable bonds is 5. The van der Waals surface area contributed by atoms with Crippen LogP contribution in [0.25, 0.3) is 0 Å². The smallest absolute Gasteiger partial charge is 0.261 e. The van der Waals surface area contributed by atoms with E-state index in [1.54, 1.807) is 6.92 Å². The molecule has 1 amide bonds. The van der Waals surface area contributed by atoms with Gasteiger partial charge in [0.15, 0.2) is 0 Å². The lowest BCUT2D eigenvalue weighted by Gasteiger charge is -2.24. The van der Waals surface area contributed by atoms with Crippen LogP contribution in [-0.2, 0) is 5.60 Å². The van der Waals surface area contributed by atoms with Crippen molar-refractivity contribution in [2.24, 2.45) is 0 Å². The largest absolute Gasteiger partial charge is 0.384 e. The second-order valence-corrected chi connectivity index (χ2v) is 6.60. The molecule has 1 heterocycles. The molecule has 0 aliphatic rings. The highest BCUT2D eigenvalue weighted by Crippen LogP contribution is 2.25. The summed E-state index contributed by atoms with van der Waals surface area (Å²) in [7, 11) is 0. The van der Waals surface area contributed by atoms with Gasteiger partial charge in [0.1, 0.15) is 5.60 Å². The number of carbonyl (C=O) groups excluding carboxylic acids is 1. The van der Waals surface area contributed by atoms with E-state index in [0.29, 0.717) is 5.92 Å². The van der Waals surface area contributed by atoms with Crippen LogP contribution in [-0.4, -0.2) is 17.6 Å². The van der Waals surface area contributed by atoms with Gasteiger partial charge in [-0.05, 0) is 35.4 Å². The summed E-state index contributed by atoms with van der Waals surface area (Å²) in [5.41, 5.74) is 0.768. The van der Waals surface area contributed by atoms with Crippen LogP contribution in [0.15, 0.2) is 41.8 Å². The maximum atomic E-state index is 12.3. The van der Waals surface area contributed by atoms with Gasteiger partial charge in [-0.15, -0.1) is 11.3 Å². The minimum atomic E-state index is -1.08. The third kappa shape index (κ3) is 3.71. The molecule has 1 aromatic heterocycles. The third-order valence-corrected chi connectivity index (χ3v) is 4.44. The molecule has 2 aromatic rings. The summed E-state index contributed by atoms with van der Waals surface area (Å²) in [6.45, 7) is 6.03. The second-order valence-electron chi connectivity index (χ2n) is 5.68. The van der Waals surface area contributed by atoms with E-state index < -0.39 is 5.60 Å². The first-order chi connectivity index (χ1) is 9.92.